The number of amides is 1. The molecule has 13 heteroatoms. The maximum Gasteiger partial charge on any atom is 0.259 e. The Morgan fingerprint density at radius 2 is 1.87 bits per heavy atom. The van der Waals surface area contributed by atoms with Crippen molar-refractivity contribution in [3.63, 3.8) is 0 Å². The Kier molecular flexibility index (Phi) is 6.08. The number of nitrogens with two attached hydrogens (primary N) is 1. The van der Waals surface area contributed by atoms with Crippen molar-refractivity contribution < 1.29 is 17.9 Å². The average molecular weight is 573 g/mol. The molecule has 1 spiro atoms. The van der Waals surface area contributed by atoms with Crippen LogP contribution in [0.15, 0.2) is 59.8 Å². The second-order valence-corrected chi connectivity index (χ2v) is 11.7. The van der Waals surface area contributed by atoms with Crippen molar-refractivity contribution in [1.29, 1.82) is 0 Å². The van der Waals surface area contributed by atoms with Gasteiger partial charge in [-0.1, -0.05) is 47.5 Å². The van der Waals surface area contributed by atoms with Gasteiger partial charge in [-0.05, 0) is 42.2 Å². The number of likely N-dealkylation sites (tertiary alicyclic amines) is 1. The minimum absolute atomic E-state index is 0.0294. The Morgan fingerprint density at radius 3 is 2.63 bits per heavy atom. The molecule has 1 fully saturated rings. The van der Waals surface area contributed by atoms with Gasteiger partial charge in [-0.2, -0.15) is 9.61 Å². The molecule has 2 aliphatic heterocycles. The maximum absolute atomic E-state index is 13.8. The van der Waals surface area contributed by atoms with Crippen LogP contribution in [0.4, 0.5) is 11.5 Å². The van der Waals surface area contributed by atoms with E-state index in [1.807, 2.05) is 12.1 Å². The van der Waals surface area contributed by atoms with Crippen LogP contribution in [-0.4, -0.2) is 46.9 Å². The summed E-state index contributed by atoms with van der Waals surface area (Å²) in [6.07, 6.45) is 3.70. The van der Waals surface area contributed by atoms with Gasteiger partial charge in [0, 0.05) is 24.3 Å². The number of nitrogens with one attached hydrogen (secondary N) is 1. The first kappa shape index (κ1) is 25.1. The molecule has 10 nitrogen and oxygen atoms in total. The van der Waals surface area contributed by atoms with Crippen LogP contribution in [0.1, 0.15) is 34.3 Å². The highest BCUT2D eigenvalue weighted by molar-refractivity contribution is 7.89. The molecule has 2 aromatic carbocycles. The van der Waals surface area contributed by atoms with Crippen molar-refractivity contribution in [2.24, 2.45) is 5.14 Å². The Balaban J connectivity index is 1.37. The quantitative estimate of drug-likeness (QED) is 0.376. The smallest absolute Gasteiger partial charge is 0.259 e. The van der Waals surface area contributed by atoms with E-state index in [-0.39, 0.29) is 27.8 Å². The Morgan fingerprint density at radius 1 is 1.11 bits per heavy atom. The molecule has 2 aromatic heterocycles. The van der Waals surface area contributed by atoms with Gasteiger partial charge in [-0.25, -0.2) is 18.5 Å². The Labute approximate surface area is 228 Å². The first-order chi connectivity index (χ1) is 18.2. The van der Waals surface area contributed by atoms with E-state index in [1.54, 1.807) is 23.1 Å². The molecule has 4 aromatic rings. The van der Waals surface area contributed by atoms with E-state index in [0.29, 0.717) is 48.3 Å². The van der Waals surface area contributed by atoms with Crippen molar-refractivity contribution >= 4 is 56.3 Å². The molecule has 38 heavy (non-hydrogen) atoms. The van der Waals surface area contributed by atoms with Crippen molar-refractivity contribution in [3.05, 3.63) is 81.6 Å². The van der Waals surface area contributed by atoms with Crippen LogP contribution in [0.3, 0.4) is 0 Å². The predicted octanol–water partition coefficient (Wildman–Crippen LogP) is 4.09. The number of sulfonamides is 1. The van der Waals surface area contributed by atoms with Gasteiger partial charge in [-0.3, -0.25) is 4.79 Å². The van der Waals surface area contributed by atoms with Gasteiger partial charge in [0.2, 0.25) is 10.0 Å². The molecule has 6 rings (SSSR count). The highest BCUT2D eigenvalue weighted by Gasteiger charge is 2.43. The number of halogens is 2. The summed E-state index contributed by atoms with van der Waals surface area (Å²) in [6.45, 7) is 1.49. The zero-order valence-corrected chi connectivity index (χ0v) is 22.2. The van der Waals surface area contributed by atoms with Crippen LogP contribution in [0.2, 0.25) is 10.0 Å². The predicted molar refractivity (Wildman–Crippen MR) is 142 cm³/mol. The normalized spacial score (nSPS) is 16.7. The molecule has 0 radical (unpaired) electrons. The number of carbonyl (C=O) groups is 1. The van der Waals surface area contributed by atoms with Gasteiger partial charge in [0.1, 0.15) is 16.3 Å². The lowest BCUT2D eigenvalue weighted by Gasteiger charge is -2.39. The van der Waals surface area contributed by atoms with Crippen molar-refractivity contribution in [2.75, 3.05) is 18.4 Å². The van der Waals surface area contributed by atoms with E-state index < -0.39 is 15.6 Å². The summed E-state index contributed by atoms with van der Waals surface area (Å²) in [4.78, 5) is 19.5. The van der Waals surface area contributed by atoms with Gasteiger partial charge in [-0.15, -0.1) is 0 Å². The first-order valence-corrected chi connectivity index (χ1v) is 14.1. The molecule has 0 bridgehead atoms. The zero-order valence-electron chi connectivity index (χ0n) is 19.9. The summed E-state index contributed by atoms with van der Waals surface area (Å²) in [7, 11) is -4.11. The summed E-state index contributed by atoms with van der Waals surface area (Å²) in [5.74, 6) is -0.115. The molecule has 2 aliphatic rings. The Hall–Kier alpha value is -3.22. The van der Waals surface area contributed by atoms with Gasteiger partial charge < -0.3 is 15.0 Å². The van der Waals surface area contributed by atoms with E-state index in [4.69, 9.17) is 33.1 Å². The third-order valence-electron chi connectivity index (χ3n) is 7.08. The van der Waals surface area contributed by atoms with Crippen molar-refractivity contribution in [3.8, 4) is 0 Å². The molecular formula is C25H22Cl2N6O4S. The molecule has 4 heterocycles. The van der Waals surface area contributed by atoms with E-state index in [9.17, 15) is 13.2 Å². The molecule has 3 N–H and O–H groups in total. The fourth-order valence-corrected chi connectivity index (χ4v) is 6.07. The van der Waals surface area contributed by atoms with E-state index in [0.717, 1.165) is 6.20 Å². The molecule has 0 atom stereocenters. The maximum atomic E-state index is 13.8. The first-order valence-electron chi connectivity index (χ1n) is 11.8. The highest BCUT2D eigenvalue weighted by atomic mass is 35.5. The number of hydrogen-bond donors (Lipinski definition) is 2. The summed E-state index contributed by atoms with van der Waals surface area (Å²) in [6, 6.07) is 13.0. The second kappa shape index (κ2) is 9.21. The number of hydrogen-bond acceptors (Lipinski definition) is 7. The monoisotopic (exact) mass is 572 g/mol. The molecule has 1 amide bonds. The van der Waals surface area contributed by atoms with Crippen molar-refractivity contribution in [1.82, 2.24) is 19.5 Å². The van der Waals surface area contributed by atoms with Gasteiger partial charge in [0.15, 0.2) is 5.65 Å². The number of aromatic nitrogens is 3. The van der Waals surface area contributed by atoms with Crippen LogP contribution in [0.5, 0.6) is 0 Å². The standard InChI is InChI=1S/C25H22Cl2N6O4S/c26-16-5-6-19(27)20(11-16)31-22-17(12-29-23-21(38(28,35)36)13-30-33(22)23)24(34)32-9-7-25(8-10-32)18-4-2-1-3-15(18)14-37-25/h1-6,11-13,31H,7-10,14H2,(H2,28,35,36). The van der Waals surface area contributed by atoms with Crippen LogP contribution < -0.4 is 10.5 Å². The molecule has 0 unspecified atom stereocenters. The average Bonchev–Trinajstić information content (AvgIpc) is 3.49. The van der Waals surface area contributed by atoms with Crippen LogP contribution in [0.25, 0.3) is 5.65 Å². The second-order valence-electron chi connectivity index (χ2n) is 9.29. The lowest BCUT2D eigenvalue weighted by atomic mass is 9.83. The van der Waals surface area contributed by atoms with Gasteiger partial charge in [0.05, 0.1) is 29.1 Å². The minimum atomic E-state index is -4.11. The van der Waals surface area contributed by atoms with E-state index >= 15 is 0 Å². The number of piperidine rings is 1. The Bertz CT molecular complexity index is 1700. The van der Waals surface area contributed by atoms with Crippen LogP contribution in [-0.2, 0) is 27.0 Å². The SMILES string of the molecule is NS(=O)(=O)c1cnn2c(Nc3cc(Cl)ccc3Cl)c(C(=O)N3CCC4(CC3)OCc3ccccc34)cnc12. The molecule has 0 aliphatic carbocycles. The summed E-state index contributed by atoms with van der Waals surface area (Å²) >= 11 is 12.5. The summed E-state index contributed by atoms with van der Waals surface area (Å²) in [5.41, 5.74) is 2.51. The number of benzene rings is 2. The molecule has 1 saturated heterocycles. The molecule has 0 saturated carbocycles. The topological polar surface area (TPSA) is 132 Å². The third kappa shape index (κ3) is 4.20. The number of anilines is 2. The summed E-state index contributed by atoms with van der Waals surface area (Å²) in [5, 5.41) is 13.4. The highest BCUT2D eigenvalue weighted by Crippen LogP contribution is 2.44. The fraction of sp³-hybridized carbons (Fsp3) is 0.240. The van der Waals surface area contributed by atoms with Crippen LogP contribution >= 0.6 is 23.2 Å². The largest absolute Gasteiger partial charge is 0.365 e. The molecular weight excluding hydrogens is 551 g/mol. The lowest BCUT2D eigenvalue weighted by molar-refractivity contribution is -0.0741. The van der Waals surface area contributed by atoms with E-state index in [1.165, 1.54) is 21.8 Å². The summed E-state index contributed by atoms with van der Waals surface area (Å²) < 4.78 is 31.6. The number of carbonyl (C=O) groups excluding carboxylic acids is 1. The number of primary sulfonamides is 1. The zero-order chi connectivity index (χ0) is 26.7. The lowest BCUT2D eigenvalue weighted by Crippen LogP contribution is -2.45. The number of fused-ring (bicyclic) bond motifs is 3. The van der Waals surface area contributed by atoms with Gasteiger partial charge in [0.25, 0.3) is 5.91 Å². The number of rotatable bonds is 4. The fourth-order valence-electron chi connectivity index (χ4n) is 5.15. The molecule has 196 valence electrons. The number of ether oxygens (including phenoxy) is 1. The third-order valence-corrected chi connectivity index (χ3v) is 8.55. The minimum Gasteiger partial charge on any atom is -0.365 e. The van der Waals surface area contributed by atoms with Crippen molar-refractivity contribution in [2.45, 2.75) is 29.9 Å². The van der Waals surface area contributed by atoms with Gasteiger partial charge >= 0.3 is 0 Å². The van der Waals surface area contributed by atoms with E-state index in [2.05, 4.69) is 27.5 Å². The van der Waals surface area contributed by atoms with Crippen LogP contribution in [0, 0.1) is 0 Å². The number of nitrogens with zero attached hydrogens (tertiary/aromatic N) is 4.